The fourth-order valence-corrected chi connectivity index (χ4v) is 3.92. The van der Waals surface area contributed by atoms with Gasteiger partial charge in [0, 0.05) is 31.4 Å². The third kappa shape index (κ3) is 4.90. The Morgan fingerprint density at radius 3 is 2.61 bits per heavy atom. The van der Waals surface area contributed by atoms with Crippen LogP contribution in [0.4, 0.5) is 14.9 Å². The fraction of sp³-hybridized carbons (Fsp3) is 0.391. The first-order valence-electron chi connectivity index (χ1n) is 10.4. The topological polar surface area (TPSA) is 79.9 Å². The minimum Gasteiger partial charge on any atom is -0.486 e. The number of hydrogen-bond acceptors (Lipinski definition) is 4. The van der Waals surface area contributed by atoms with Crippen LogP contribution < -0.4 is 20.1 Å². The summed E-state index contributed by atoms with van der Waals surface area (Å²) in [5, 5.41) is 5.81. The van der Waals surface area contributed by atoms with Crippen LogP contribution in [0.5, 0.6) is 11.5 Å². The maximum Gasteiger partial charge on any atom is 0.321 e. The molecule has 0 radical (unpaired) electrons. The first kappa shape index (κ1) is 21.0. The zero-order chi connectivity index (χ0) is 21.8. The molecular weight excluding hydrogens is 401 g/mol. The van der Waals surface area contributed by atoms with Crippen LogP contribution in [-0.2, 0) is 11.3 Å². The second-order valence-corrected chi connectivity index (χ2v) is 8.18. The molecule has 4 rings (SSSR count). The number of amides is 3. The van der Waals surface area contributed by atoms with Gasteiger partial charge in [-0.2, -0.15) is 0 Å². The molecule has 2 N–H and O–H groups in total. The maximum absolute atomic E-state index is 13.1. The van der Waals surface area contributed by atoms with E-state index >= 15 is 0 Å². The average molecular weight is 427 g/mol. The monoisotopic (exact) mass is 427 g/mol. The molecule has 1 saturated heterocycles. The SMILES string of the molecule is C[C@]1(C(=O)NCc2ccc(F)cc2)CCCN(C(=O)Nc2ccc3c(c2)OCCO3)C1. The molecule has 2 heterocycles. The predicted molar refractivity (Wildman–Crippen MR) is 114 cm³/mol. The number of nitrogens with one attached hydrogen (secondary N) is 2. The number of hydrogen-bond donors (Lipinski definition) is 2. The molecule has 1 fully saturated rings. The van der Waals surface area contributed by atoms with Crippen molar-refractivity contribution in [3.8, 4) is 11.5 Å². The van der Waals surface area contributed by atoms with Gasteiger partial charge in [-0.05, 0) is 49.6 Å². The number of benzene rings is 2. The van der Waals surface area contributed by atoms with Crippen LogP contribution >= 0.6 is 0 Å². The van der Waals surface area contributed by atoms with Gasteiger partial charge >= 0.3 is 6.03 Å². The Morgan fingerprint density at radius 2 is 1.84 bits per heavy atom. The highest BCUT2D eigenvalue weighted by molar-refractivity contribution is 5.91. The van der Waals surface area contributed by atoms with Crippen LogP contribution in [0.2, 0.25) is 0 Å². The molecule has 8 heteroatoms. The molecule has 2 aromatic rings. The van der Waals surface area contributed by atoms with Gasteiger partial charge in [-0.3, -0.25) is 4.79 Å². The molecule has 0 bridgehead atoms. The van der Waals surface area contributed by atoms with E-state index in [9.17, 15) is 14.0 Å². The number of carbonyl (C=O) groups excluding carboxylic acids is 2. The Kier molecular flexibility index (Phi) is 5.97. The molecule has 164 valence electrons. The lowest BCUT2D eigenvalue weighted by Gasteiger charge is -2.39. The summed E-state index contributed by atoms with van der Waals surface area (Å²) in [6.07, 6.45) is 1.42. The van der Waals surface area contributed by atoms with E-state index < -0.39 is 5.41 Å². The van der Waals surface area contributed by atoms with E-state index in [-0.39, 0.29) is 17.8 Å². The summed E-state index contributed by atoms with van der Waals surface area (Å²) in [7, 11) is 0. The molecule has 7 nitrogen and oxygen atoms in total. The molecule has 31 heavy (non-hydrogen) atoms. The molecule has 2 aliphatic heterocycles. The van der Waals surface area contributed by atoms with Gasteiger partial charge in [0.1, 0.15) is 19.0 Å². The summed E-state index contributed by atoms with van der Waals surface area (Å²) in [5.74, 6) is 0.836. The summed E-state index contributed by atoms with van der Waals surface area (Å²) in [6, 6.07) is 11.1. The summed E-state index contributed by atoms with van der Waals surface area (Å²) >= 11 is 0. The number of carbonyl (C=O) groups is 2. The van der Waals surface area contributed by atoms with Gasteiger partial charge in [0.2, 0.25) is 5.91 Å². The number of piperidine rings is 1. The Hall–Kier alpha value is -3.29. The number of fused-ring (bicyclic) bond motifs is 1. The van der Waals surface area contributed by atoms with Crippen LogP contribution in [0, 0.1) is 11.2 Å². The third-order valence-corrected chi connectivity index (χ3v) is 5.69. The van der Waals surface area contributed by atoms with E-state index in [2.05, 4.69) is 10.6 Å². The minimum absolute atomic E-state index is 0.117. The van der Waals surface area contributed by atoms with Crippen molar-refractivity contribution in [2.75, 3.05) is 31.6 Å². The summed E-state index contributed by atoms with van der Waals surface area (Å²) < 4.78 is 24.1. The van der Waals surface area contributed by atoms with Crippen molar-refractivity contribution in [1.82, 2.24) is 10.2 Å². The summed E-state index contributed by atoms with van der Waals surface area (Å²) in [4.78, 5) is 27.4. The molecule has 3 amide bonds. The maximum atomic E-state index is 13.1. The van der Waals surface area contributed by atoms with Crippen molar-refractivity contribution in [3.63, 3.8) is 0 Å². The van der Waals surface area contributed by atoms with Crippen molar-refractivity contribution in [2.24, 2.45) is 5.41 Å². The van der Waals surface area contributed by atoms with Crippen LogP contribution in [0.15, 0.2) is 42.5 Å². The highest BCUT2D eigenvalue weighted by Gasteiger charge is 2.39. The van der Waals surface area contributed by atoms with E-state index in [1.165, 1.54) is 12.1 Å². The van der Waals surface area contributed by atoms with Crippen LogP contribution in [0.25, 0.3) is 0 Å². The van der Waals surface area contributed by atoms with E-state index in [4.69, 9.17) is 9.47 Å². The molecule has 2 aromatic carbocycles. The largest absolute Gasteiger partial charge is 0.486 e. The Balaban J connectivity index is 1.35. The molecule has 0 aromatic heterocycles. The van der Waals surface area contributed by atoms with Crippen LogP contribution in [0.1, 0.15) is 25.3 Å². The van der Waals surface area contributed by atoms with Gasteiger partial charge in [0.05, 0.1) is 5.41 Å². The Morgan fingerprint density at radius 1 is 1.10 bits per heavy atom. The van der Waals surface area contributed by atoms with Gasteiger partial charge < -0.3 is 25.0 Å². The molecule has 0 saturated carbocycles. The lowest BCUT2D eigenvalue weighted by atomic mass is 9.81. The van der Waals surface area contributed by atoms with Crippen molar-refractivity contribution < 1.29 is 23.5 Å². The predicted octanol–water partition coefficient (Wildman–Crippen LogP) is 3.55. The second-order valence-electron chi connectivity index (χ2n) is 8.18. The number of rotatable bonds is 4. The van der Waals surface area contributed by atoms with Gasteiger partial charge in [0.25, 0.3) is 0 Å². The number of halogens is 1. The van der Waals surface area contributed by atoms with E-state index in [1.54, 1.807) is 35.2 Å². The molecular formula is C23H26FN3O4. The van der Waals surface area contributed by atoms with E-state index in [0.29, 0.717) is 56.5 Å². The first-order chi connectivity index (χ1) is 14.9. The zero-order valence-electron chi connectivity index (χ0n) is 17.4. The quantitative estimate of drug-likeness (QED) is 0.782. The molecule has 0 unspecified atom stereocenters. The number of ether oxygens (including phenoxy) is 2. The van der Waals surface area contributed by atoms with Crippen molar-refractivity contribution >= 4 is 17.6 Å². The second kappa shape index (κ2) is 8.83. The number of urea groups is 1. The van der Waals surface area contributed by atoms with Gasteiger partial charge in [-0.25, -0.2) is 9.18 Å². The molecule has 0 aliphatic carbocycles. The van der Waals surface area contributed by atoms with Crippen LogP contribution in [-0.4, -0.2) is 43.1 Å². The van der Waals surface area contributed by atoms with Gasteiger partial charge in [0.15, 0.2) is 11.5 Å². The average Bonchev–Trinajstić information content (AvgIpc) is 2.78. The van der Waals surface area contributed by atoms with Crippen molar-refractivity contribution in [1.29, 1.82) is 0 Å². The highest BCUT2D eigenvalue weighted by Crippen LogP contribution is 2.33. The number of likely N-dealkylation sites (tertiary alicyclic amines) is 1. The summed E-state index contributed by atoms with van der Waals surface area (Å²) in [6.45, 7) is 4.07. The Labute approximate surface area is 180 Å². The zero-order valence-corrected chi connectivity index (χ0v) is 17.4. The van der Waals surface area contributed by atoms with E-state index in [1.807, 2.05) is 6.92 Å². The lowest BCUT2D eigenvalue weighted by molar-refractivity contribution is -0.132. The van der Waals surface area contributed by atoms with Crippen LogP contribution in [0.3, 0.4) is 0 Å². The molecule has 0 spiro atoms. The lowest BCUT2D eigenvalue weighted by Crippen LogP contribution is -2.52. The minimum atomic E-state index is -0.692. The summed E-state index contributed by atoms with van der Waals surface area (Å²) in [5.41, 5.74) is 0.743. The molecule has 2 aliphatic rings. The van der Waals surface area contributed by atoms with Gasteiger partial charge in [-0.1, -0.05) is 12.1 Å². The fourth-order valence-electron chi connectivity index (χ4n) is 3.92. The highest BCUT2D eigenvalue weighted by atomic mass is 19.1. The van der Waals surface area contributed by atoms with E-state index in [0.717, 1.165) is 12.0 Å². The number of anilines is 1. The molecule has 1 atom stereocenters. The smallest absolute Gasteiger partial charge is 0.321 e. The Bertz CT molecular complexity index is 966. The third-order valence-electron chi connectivity index (χ3n) is 5.69. The van der Waals surface area contributed by atoms with Crippen molar-refractivity contribution in [2.45, 2.75) is 26.3 Å². The van der Waals surface area contributed by atoms with Gasteiger partial charge in [-0.15, -0.1) is 0 Å². The standard InChI is InChI=1S/C23H26FN3O4/c1-23(21(28)25-14-16-3-5-17(24)6-4-16)9-2-10-27(15-23)22(29)26-18-7-8-19-20(13-18)31-12-11-30-19/h3-8,13H,2,9-12,14-15H2,1H3,(H,25,28)(H,26,29)/t23-/m0/s1. The first-order valence-corrected chi connectivity index (χ1v) is 10.4. The normalized spacial score (nSPS) is 20.1. The number of nitrogens with zero attached hydrogens (tertiary/aromatic N) is 1. The van der Waals surface area contributed by atoms with Crippen molar-refractivity contribution in [3.05, 3.63) is 53.8 Å².